The van der Waals surface area contributed by atoms with Gasteiger partial charge in [-0.05, 0) is 41.5 Å². The normalized spacial score (nSPS) is 15.3. The molecule has 1 unspecified atom stereocenters. The minimum atomic E-state index is -4.43. The number of quaternary nitrogens is 1. The van der Waals surface area contributed by atoms with E-state index < -0.39 is 11.7 Å². The molecular formula is C29H29F3N3O2S+. The van der Waals surface area contributed by atoms with Crippen LogP contribution in [0.5, 0.6) is 0 Å². The average molecular weight is 541 g/mol. The van der Waals surface area contributed by atoms with Crippen molar-refractivity contribution in [2.45, 2.75) is 17.5 Å². The Bertz CT molecular complexity index is 1290. The van der Waals surface area contributed by atoms with Crippen molar-refractivity contribution in [1.29, 1.82) is 0 Å². The molecule has 0 saturated heterocycles. The molecule has 3 aromatic rings. The van der Waals surface area contributed by atoms with Crippen LogP contribution >= 0.6 is 11.8 Å². The Hall–Kier alpha value is -3.56. The summed E-state index contributed by atoms with van der Waals surface area (Å²) in [5, 5.41) is 2.91. The molecule has 38 heavy (non-hydrogen) atoms. The van der Waals surface area contributed by atoms with Gasteiger partial charge in [-0.3, -0.25) is 14.5 Å². The summed E-state index contributed by atoms with van der Waals surface area (Å²) in [6, 6.07) is 22.1. The van der Waals surface area contributed by atoms with Gasteiger partial charge in [0.05, 0.1) is 42.8 Å². The molecule has 0 aliphatic carbocycles. The molecule has 0 fully saturated rings. The van der Waals surface area contributed by atoms with E-state index in [4.69, 9.17) is 0 Å². The van der Waals surface area contributed by atoms with E-state index in [9.17, 15) is 22.8 Å². The standard InChI is InChI=1S/C29H28F3N3O2S/c1-34(17-15-21-7-3-2-4-8-21)18-16-33-27(36)20-35-24-9-5-6-10-25(24)38-26(28(35)37)19-22-11-13-23(14-12-22)29(30,31)32/h2-14,19H,15-18,20H2,1H3,(H,33,36)/p+1. The maximum atomic E-state index is 13.3. The van der Waals surface area contributed by atoms with E-state index in [1.165, 1.54) is 39.3 Å². The molecule has 0 spiro atoms. The number of anilines is 1. The Morgan fingerprint density at radius 3 is 2.37 bits per heavy atom. The quantitative estimate of drug-likeness (QED) is 0.403. The molecule has 1 aliphatic heterocycles. The third-order valence-corrected chi connectivity index (χ3v) is 7.30. The zero-order valence-electron chi connectivity index (χ0n) is 20.9. The Labute approximate surface area is 224 Å². The Balaban J connectivity index is 1.37. The third-order valence-electron chi connectivity index (χ3n) is 6.23. The Kier molecular flexibility index (Phi) is 8.91. The summed E-state index contributed by atoms with van der Waals surface area (Å²) in [6.07, 6.45) is -1.92. The lowest BCUT2D eigenvalue weighted by Gasteiger charge is -2.29. The minimum Gasteiger partial charge on any atom is -0.349 e. The lowest BCUT2D eigenvalue weighted by Crippen LogP contribution is -3.10. The summed E-state index contributed by atoms with van der Waals surface area (Å²) < 4.78 is 38.7. The fourth-order valence-corrected chi connectivity index (χ4v) is 5.14. The lowest BCUT2D eigenvalue weighted by atomic mass is 10.1. The lowest BCUT2D eigenvalue weighted by molar-refractivity contribution is -0.878. The molecule has 9 heteroatoms. The molecule has 4 rings (SSSR count). The highest BCUT2D eigenvalue weighted by Crippen LogP contribution is 2.42. The summed E-state index contributed by atoms with van der Waals surface area (Å²) in [5.74, 6) is -0.640. The van der Waals surface area contributed by atoms with E-state index in [2.05, 4.69) is 24.5 Å². The second kappa shape index (κ2) is 12.3. The first kappa shape index (κ1) is 27.5. The number of likely N-dealkylation sites (N-methyl/N-ethyl adjacent to an activating group) is 1. The molecular weight excluding hydrogens is 511 g/mol. The van der Waals surface area contributed by atoms with Crippen LogP contribution in [0.4, 0.5) is 18.9 Å². The van der Waals surface area contributed by atoms with Gasteiger partial charge in [-0.25, -0.2) is 0 Å². The predicted octanol–water partition coefficient (Wildman–Crippen LogP) is 4.06. The van der Waals surface area contributed by atoms with Gasteiger partial charge in [-0.1, -0.05) is 66.4 Å². The van der Waals surface area contributed by atoms with Crippen molar-refractivity contribution in [2.24, 2.45) is 0 Å². The molecule has 1 aliphatic rings. The minimum absolute atomic E-state index is 0.149. The molecule has 1 heterocycles. The number of benzene rings is 3. The summed E-state index contributed by atoms with van der Waals surface area (Å²) in [6.45, 7) is 2.02. The number of amides is 2. The second-order valence-electron chi connectivity index (χ2n) is 9.13. The maximum Gasteiger partial charge on any atom is 0.416 e. The number of carbonyl (C=O) groups is 2. The summed E-state index contributed by atoms with van der Waals surface area (Å²) in [7, 11) is 2.08. The predicted molar refractivity (Wildman–Crippen MR) is 144 cm³/mol. The van der Waals surface area contributed by atoms with E-state index in [0.717, 1.165) is 36.5 Å². The molecule has 198 valence electrons. The Morgan fingerprint density at radius 1 is 0.974 bits per heavy atom. The van der Waals surface area contributed by atoms with Crippen LogP contribution < -0.4 is 15.1 Å². The van der Waals surface area contributed by atoms with E-state index >= 15 is 0 Å². The monoisotopic (exact) mass is 540 g/mol. The molecule has 3 aromatic carbocycles. The highest BCUT2D eigenvalue weighted by molar-refractivity contribution is 8.04. The topological polar surface area (TPSA) is 53.9 Å². The number of alkyl halides is 3. The maximum absolute atomic E-state index is 13.3. The van der Waals surface area contributed by atoms with Gasteiger partial charge < -0.3 is 10.2 Å². The molecule has 0 bridgehead atoms. The molecule has 5 nitrogen and oxygen atoms in total. The molecule has 2 N–H and O–H groups in total. The molecule has 0 radical (unpaired) electrons. The smallest absolute Gasteiger partial charge is 0.349 e. The van der Waals surface area contributed by atoms with Gasteiger partial charge in [0.25, 0.3) is 5.91 Å². The van der Waals surface area contributed by atoms with Gasteiger partial charge in [-0.15, -0.1) is 0 Å². The number of carbonyl (C=O) groups excluding carboxylic acids is 2. The molecule has 2 amide bonds. The van der Waals surface area contributed by atoms with Crippen LogP contribution in [0.25, 0.3) is 6.08 Å². The van der Waals surface area contributed by atoms with Crippen LogP contribution in [0, 0.1) is 0 Å². The highest BCUT2D eigenvalue weighted by Gasteiger charge is 2.31. The van der Waals surface area contributed by atoms with Crippen LogP contribution in [0.15, 0.2) is 88.7 Å². The second-order valence-corrected chi connectivity index (χ2v) is 10.2. The average Bonchev–Trinajstić information content (AvgIpc) is 2.90. The zero-order valence-corrected chi connectivity index (χ0v) is 21.7. The van der Waals surface area contributed by atoms with Crippen molar-refractivity contribution in [3.05, 3.63) is 100 Å². The van der Waals surface area contributed by atoms with Crippen molar-refractivity contribution in [1.82, 2.24) is 5.32 Å². The number of halogens is 3. The number of nitrogens with zero attached hydrogens (tertiary/aromatic N) is 1. The van der Waals surface area contributed by atoms with Crippen molar-refractivity contribution in [2.75, 3.05) is 38.1 Å². The van der Waals surface area contributed by atoms with Crippen LogP contribution in [0.3, 0.4) is 0 Å². The van der Waals surface area contributed by atoms with Gasteiger partial charge in [0.1, 0.15) is 6.54 Å². The number of hydrogen-bond acceptors (Lipinski definition) is 3. The molecule has 0 aromatic heterocycles. The van der Waals surface area contributed by atoms with Crippen molar-refractivity contribution in [3.8, 4) is 0 Å². The Morgan fingerprint density at radius 2 is 1.66 bits per heavy atom. The largest absolute Gasteiger partial charge is 0.416 e. The summed E-state index contributed by atoms with van der Waals surface area (Å²) in [5.41, 5.74) is 1.63. The number of fused-ring (bicyclic) bond motifs is 1. The SMILES string of the molecule is C[NH+](CCNC(=O)CN1C(=O)C(=Cc2ccc(C(F)(F)F)cc2)Sc2ccccc21)CCc1ccccc1. The number of thioether (sulfide) groups is 1. The molecule has 0 saturated carbocycles. The van der Waals surface area contributed by atoms with Crippen molar-refractivity contribution < 1.29 is 27.7 Å². The van der Waals surface area contributed by atoms with Gasteiger partial charge in [0, 0.05) is 11.3 Å². The number of nitrogens with one attached hydrogen (secondary N) is 2. The van der Waals surface area contributed by atoms with Gasteiger partial charge in [-0.2, -0.15) is 13.2 Å². The third kappa shape index (κ3) is 7.26. The van der Waals surface area contributed by atoms with Crippen molar-refractivity contribution >= 4 is 35.3 Å². The van der Waals surface area contributed by atoms with Crippen LogP contribution in [0.2, 0.25) is 0 Å². The number of para-hydroxylation sites is 1. The fraction of sp³-hybridized carbons (Fsp3) is 0.241. The van der Waals surface area contributed by atoms with Gasteiger partial charge >= 0.3 is 6.18 Å². The first-order chi connectivity index (χ1) is 18.2. The van der Waals surface area contributed by atoms with Gasteiger partial charge in [0.2, 0.25) is 5.91 Å². The van der Waals surface area contributed by atoms with Crippen LogP contribution in [0.1, 0.15) is 16.7 Å². The highest BCUT2D eigenvalue weighted by atomic mass is 32.2. The molecule has 1 atom stereocenters. The van der Waals surface area contributed by atoms with E-state index in [1.54, 1.807) is 18.2 Å². The number of hydrogen-bond donors (Lipinski definition) is 2. The van der Waals surface area contributed by atoms with Crippen LogP contribution in [-0.4, -0.2) is 45.0 Å². The fourth-order valence-electron chi connectivity index (χ4n) is 4.08. The first-order valence-electron chi connectivity index (χ1n) is 12.3. The van der Waals surface area contributed by atoms with Gasteiger partial charge in [0.15, 0.2) is 0 Å². The zero-order chi connectivity index (χ0) is 27.1. The number of rotatable bonds is 9. The summed E-state index contributed by atoms with van der Waals surface area (Å²) >= 11 is 1.24. The van der Waals surface area contributed by atoms with E-state index in [0.29, 0.717) is 22.7 Å². The van der Waals surface area contributed by atoms with E-state index in [1.807, 2.05) is 30.3 Å². The van der Waals surface area contributed by atoms with Crippen LogP contribution in [-0.2, 0) is 22.2 Å². The first-order valence-corrected chi connectivity index (χ1v) is 13.1. The summed E-state index contributed by atoms with van der Waals surface area (Å²) in [4.78, 5) is 29.9. The van der Waals surface area contributed by atoms with E-state index in [-0.39, 0.29) is 18.4 Å². The van der Waals surface area contributed by atoms with Crippen molar-refractivity contribution in [3.63, 3.8) is 0 Å².